The van der Waals surface area contributed by atoms with E-state index in [1.807, 2.05) is 18.5 Å². The molecule has 2 aliphatic rings. The van der Waals surface area contributed by atoms with Gasteiger partial charge >= 0.3 is 0 Å². The molecule has 1 aliphatic heterocycles. The molecule has 0 amide bonds. The van der Waals surface area contributed by atoms with E-state index in [9.17, 15) is 0 Å². The molecule has 0 saturated carbocycles. The molecule has 96 valence electrons. The van der Waals surface area contributed by atoms with Gasteiger partial charge in [-0.3, -0.25) is 4.98 Å². The second-order valence-corrected chi connectivity index (χ2v) is 5.00. The summed E-state index contributed by atoms with van der Waals surface area (Å²) in [6.45, 7) is 0. The van der Waals surface area contributed by atoms with Gasteiger partial charge in [0.25, 0.3) is 0 Å². The minimum atomic E-state index is 0.914. The van der Waals surface area contributed by atoms with Crippen LogP contribution in [0.1, 0.15) is 23.1 Å². The third-order valence-corrected chi connectivity index (χ3v) is 3.75. The lowest BCUT2D eigenvalue weighted by Crippen LogP contribution is -2.06. The number of rotatable bonds is 3. The van der Waals surface area contributed by atoms with Crippen LogP contribution in [0.5, 0.6) is 0 Å². The summed E-state index contributed by atoms with van der Waals surface area (Å²) in [5.74, 6) is 0. The first kappa shape index (κ1) is 11.3. The van der Waals surface area contributed by atoms with Crippen LogP contribution in [0.15, 0.2) is 64.6 Å². The van der Waals surface area contributed by atoms with Crippen molar-refractivity contribution in [3.05, 3.63) is 71.1 Å². The third kappa shape index (κ3) is 1.79. The fourth-order valence-electron chi connectivity index (χ4n) is 2.70. The molecule has 1 aromatic carbocycles. The van der Waals surface area contributed by atoms with Crippen molar-refractivity contribution in [1.82, 2.24) is 4.98 Å². The molecule has 4 rings (SSSR count). The highest BCUT2D eigenvalue weighted by molar-refractivity contribution is 6.38. The molecule has 0 atom stereocenters. The Morgan fingerprint density at radius 2 is 1.70 bits per heavy atom. The zero-order valence-corrected chi connectivity index (χ0v) is 11.0. The maximum Gasteiger partial charge on any atom is 0.103 e. The van der Waals surface area contributed by atoms with Gasteiger partial charge in [0.2, 0.25) is 0 Å². The Bertz CT molecular complexity index is 755. The normalized spacial score (nSPS) is 15.3. The van der Waals surface area contributed by atoms with Gasteiger partial charge in [-0.15, -0.1) is 5.10 Å². The lowest BCUT2D eigenvalue weighted by Gasteiger charge is -2.02. The van der Waals surface area contributed by atoms with Gasteiger partial charge in [0.05, 0.1) is 5.71 Å². The largest absolute Gasteiger partial charge is 0.265 e. The number of fused-ring (bicyclic) bond motifs is 3. The molecule has 0 radical (unpaired) electrons. The van der Waals surface area contributed by atoms with E-state index in [2.05, 4.69) is 51.6 Å². The third-order valence-electron chi connectivity index (χ3n) is 3.75. The van der Waals surface area contributed by atoms with Crippen molar-refractivity contribution in [2.24, 2.45) is 10.2 Å². The number of nitrogens with zero attached hydrogens (tertiary/aromatic N) is 3. The zero-order valence-electron chi connectivity index (χ0n) is 11.0. The van der Waals surface area contributed by atoms with Crippen molar-refractivity contribution in [3.8, 4) is 0 Å². The fourth-order valence-corrected chi connectivity index (χ4v) is 2.70. The first-order valence-corrected chi connectivity index (χ1v) is 6.77. The summed E-state index contributed by atoms with van der Waals surface area (Å²) in [4.78, 5) is 4.04. The molecule has 0 N–H and O–H groups in total. The molecule has 0 unspecified atom stereocenters. The van der Waals surface area contributed by atoms with Gasteiger partial charge < -0.3 is 0 Å². The monoisotopic (exact) mass is 259 g/mol. The molecule has 3 nitrogen and oxygen atoms in total. The van der Waals surface area contributed by atoms with Crippen molar-refractivity contribution in [2.45, 2.75) is 12.8 Å². The van der Waals surface area contributed by atoms with Crippen molar-refractivity contribution in [1.29, 1.82) is 0 Å². The number of aromatic nitrogens is 1. The number of hydrogen-bond donors (Lipinski definition) is 0. The zero-order chi connectivity index (χ0) is 13.4. The first-order chi connectivity index (χ1) is 9.92. The van der Waals surface area contributed by atoms with E-state index in [0.717, 1.165) is 24.3 Å². The average molecular weight is 259 g/mol. The van der Waals surface area contributed by atoms with E-state index in [-0.39, 0.29) is 0 Å². The molecule has 20 heavy (non-hydrogen) atoms. The van der Waals surface area contributed by atoms with E-state index < -0.39 is 0 Å². The summed E-state index contributed by atoms with van der Waals surface area (Å²) in [5, 5.41) is 8.71. The van der Waals surface area contributed by atoms with Crippen LogP contribution in [0.2, 0.25) is 0 Å². The minimum Gasteiger partial charge on any atom is -0.265 e. The van der Waals surface area contributed by atoms with Gasteiger partial charge in [0.15, 0.2) is 0 Å². The number of benzene rings is 1. The van der Waals surface area contributed by atoms with Crippen LogP contribution in [-0.4, -0.2) is 16.4 Å². The molecular weight excluding hydrogens is 246 g/mol. The van der Waals surface area contributed by atoms with E-state index >= 15 is 0 Å². The average Bonchev–Trinajstić information content (AvgIpc) is 3.05. The van der Waals surface area contributed by atoms with Gasteiger partial charge in [-0.05, 0) is 42.2 Å². The summed E-state index contributed by atoms with van der Waals surface area (Å²) in [7, 11) is 0. The van der Waals surface area contributed by atoms with Gasteiger partial charge in [-0.25, -0.2) is 0 Å². The van der Waals surface area contributed by atoms with Gasteiger partial charge in [0.1, 0.15) is 5.71 Å². The molecule has 2 aromatic rings. The van der Waals surface area contributed by atoms with Crippen LogP contribution in [0, 0.1) is 0 Å². The van der Waals surface area contributed by atoms with E-state index in [0.29, 0.717) is 0 Å². The Morgan fingerprint density at radius 3 is 2.60 bits per heavy atom. The number of pyridine rings is 1. The minimum absolute atomic E-state index is 0.914. The Kier molecular flexibility index (Phi) is 2.56. The molecule has 0 saturated heterocycles. The summed E-state index contributed by atoms with van der Waals surface area (Å²) in [6.07, 6.45) is 7.75. The molecule has 0 spiro atoms. The Balaban J connectivity index is 1.54. The second kappa shape index (κ2) is 4.53. The van der Waals surface area contributed by atoms with Crippen LogP contribution >= 0.6 is 0 Å². The predicted octanol–water partition coefficient (Wildman–Crippen LogP) is 3.27. The Morgan fingerprint density at radius 1 is 0.850 bits per heavy atom. The number of hydrogen-bond acceptors (Lipinski definition) is 3. The number of aryl methyl sites for hydroxylation is 1. The molecule has 0 bridgehead atoms. The standard InChI is InChI=1S/C17H13N3/c1-2-4-14-13(3-1)11-15-16(19-20-17(14)15)6-5-12-7-9-18-10-8-12/h1-4,7-11H,5-6H2. The lowest BCUT2D eigenvalue weighted by atomic mass is 10.0. The Labute approximate surface area is 117 Å². The van der Waals surface area contributed by atoms with E-state index in [1.54, 1.807) is 0 Å². The molecule has 1 aromatic heterocycles. The lowest BCUT2D eigenvalue weighted by molar-refractivity contribution is 1.02. The maximum atomic E-state index is 4.36. The first-order valence-electron chi connectivity index (χ1n) is 6.77. The van der Waals surface area contributed by atoms with Crippen molar-refractivity contribution in [3.63, 3.8) is 0 Å². The van der Waals surface area contributed by atoms with Crippen molar-refractivity contribution < 1.29 is 0 Å². The quantitative estimate of drug-likeness (QED) is 0.833. The van der Waals surface area contributed by atoms with Crippen molar-refractivity contribution in [2.75, 3.05) is 0 Å². The molecule has 3 heteroatoms. The molecular formula is C17H13N3. The predicted molar refractivity (Wildman–Crippen MR) is 80.9 cm³/mol. The van der Waals surface area contributed by atoms with Crippen LogP contribution in [0.4, 0.5) is 0 Å². The summed E-state index contributed by atoms with van der Waals surface area (Å²) in [6, 6.07) is 12.4. The van der Waals surface area contributed by atoms with E-state index in [4.69, 9.17) is 0 Å². The summed E-state index contributed by atoms with van der Waals surface area (Å²) < 4.78 is 0. The maximum absolute atomic E-state index is 4.36. The molecule has 1 aliphatic carbocycles. The van der Waals surface area contributed by atoms with E-state index in [1.165, 1.54) is 22.3 Å². The fraction of sp³-hybridized carbons (Fsp3) is 0.118. The van der Waals surface area contributed by atoms with Gasteiger partial charge in [0, 0.05) is 23.5 Å². The molecule has 0 fully saturated rings. The smallest absolute Gasteiger partial charge is 0.103 e. The SMILES string of the molecule is C1=C2C(CCc3ccncc3)=NN=C2c2ccccc21. The second-order valence-electron chi connectivity index (χ2n) is 5.00. The van der Waals surface area contributed by atoms with Crippen LogP contribution < -0.4 is 0 Å². The van der Waals surface area contributed by atoms with Crippen LogP contribution in [0.25, 0.3) is 6.08 Å². The highest BCUT2D eigenvalue weighted by Crippen LogP contribution is 2.30. The highest BCUT2D eigenvalue weighted by Gasteiger charge is 2.27. The van der Waals surface area contributed by atoms with Gasteiger partial charge in [-0.1, -0.05) is 24.3 Å². The van der Waals surface area contributed by atoms with Gasteiger partial charge in [-0.2, -0.15) is 5.10 Å². The van der Waals surface area contributed by atoms with Crippen LogP contribution in [0.3, 0.4) is 0 Å². The summed E-state index contributed by atoms with van der Waals surface area (Å²) >= 11 is 0. The van der Waals surface area contributed by atoms with Crippen molar-refractivity contribution >= 4 is 17.5 Å². The highest BCUT2D eigenvalue weighted by atomic mass is 15.2. The topological polar surface area (TPSA) is 37.6 Å². The Hall–Kier alpha value is -2.55. The number of allylic oxidation sites excluding steroid dienone is 1. The summed E-state index contributed by atoms with van der Waals surface area (Å²) in [5.41, 5.74) is 7.05. The van der Waals surface area contributed by atoms with Crippen LogP contribution in [-0.2, 0) is 6.42 Å². The molecule has 2 heterocycles.